The molecule has 3 aromatic heterocycles. The van der Waals surface area contributed by atoms with Gasteiger partial charge in [-0.15, -0.1) is 0 Å². The molecule has 328 valence electrons. The Kier molecular flexibility index (Phi) is 13.3. The van der Waals surface area contributed by atoms with Crippen molar-refractivity contribution in [2.75, 3.05) is 14.2 Å². The van der Waals surface area contributed by atoms with Crippen molar-refractivity contribution >= 4 is 80.4 Å². The molecule has 13 nitrogen and oxygen atoms in total. The second-order valence-electron chi connectivity index (χ2n) is 16.9. The number of carbonyl (C=O) groups is 4. The molecule has 5 N–H and O–H groups in total. The van der Waals surface area contributed by atoms with E-state index in [0.29, 0.717) is 34.8 Å². The fraction of sp³-hybridized carbons (Fsp3) is 0.429. The highest BCUT2D eigenvalue weighted by Crippen LogP contribution is 2.49. The summed E-state index contributed by atoms with van der Waals surface area (Å²) in [6, 6.07) is 5.97. The summed E-state index contributed by atoms with van der Waals surface area (Å²) in [4.78, 5) is 68.8. The number of carboxylic acids is 2. The molecule has 13 heteroatoms. The number of aromatic amines is 2. The standard InChI is InChI=1S/C49H58N4O9/c1-11-30-25(4)37-21-39-27(6)32(15-19-43(54)61-9)45(52-39)34(14-18-35-24(3)13-17-36(29(8)47(56)57)49(35,60)48(58)59)46-33(16-20-44(55)62-10)28(7)40(53-46)23-42-31(12-2)26(5)38(51-42)22-41(30)50-37/h11-12,21-24,29,35-36,50-51,60H,1-2,13-20H2,3-10H3,(H,56,57)(H,58,59)/t24-,29-,35+,36?,49-/m1/s1. The average Bonchev–Trinajstić information content (AvgIpc) is 3.92. The quantitative estimate of drug-likeness (QED) is 0.0968. The van der Waals surface area contributed by atoms with Gasteiger partial charge in [0.25, 0.3) is 0 Å². The number of ether oxygens (including phenoxy) is 2. The number of aliphatic carboxylic acids is 2. The number of hydrogen-bond donors (Lipinski definition) is 5. The first kappa shape index (κ1) is 45.4. The number of methoxy groups -OCH3 is 2. The first-order valence-electron chi connectivity index (χ1n) is 21.2. The molecule has 5 atom stereocenters. The highest BCUT2D eigenvalue weighted by molar-refractivity contribution is 5.98. The van der Waals surface area contributed by atoms with E-state index < -0.39 is 47.2 Å². The summed E-state index contributed by atoms with van der Waals surface area (Å²) < 4.78 is 10.1. The number of nitrogens with one attached hydrogen (secondary N) is 2. The molecule has 5 heterocycles. The number of carboxylic acid groups (broad SMARTS) is 2. The predicted octanol–water partition coefficient (Wildman–Crippen LogP) is 9.12. The van der Waals surface area contributed by atoms with Crippen molar-refractivity contribution in [1.29, 1.82) is 0 Å². The fourth-order valence-corrected chi connectivity index (χ4v) is 9.87. The van der Waals surface area contributed by atoms with E-state index in [4.69, 9.17) is 19.4 Å². The predicted molar refractivity (Wildman–Crippen MR) is 241 cm³/mol. The third-order valence-corrected chi connectivity index (χ3v) is 13.7. The Morgan fingerprint density at radius 3 is 1.71 bits per heavy atom. The summed E-state index contributed by atoms with van der Waals surface area (Å²) in [5, 5.41) is 33.1. The van der Waals surface area contributed by atoms with Crippen molar-refractivity contribution in [3.05, 3.63) is 81.9 Å². The van der Waals surface area contributed by atoms with E-state index >= 15 is 0 Å². The maximum absolute atomic E-state index is 13.2. The van der Waals surface area contributed by atoms with Gasteiger partial charge in [0.15, 0.2) is 5.60 Å². The Bertz CT molecular complexity index is 2610. The number of aryl methyl sites for hydroxylation is 2. The van der Waals surface area contributed by atoms with Crippen molar-refractivity contribution in [3.63, 3.8) is 0 Å². The Morgan fingerprint density at radius 1 is 0.790 bits per heavy atom. The van der Waals surface area contributed by atoms with E-state index in [-0.39, 0.29) is 50.9 Å². The lowest BCUT2D eigenvalue weighted by molar-refractivity contribution is -0.191. The van der Waals surface area contributed by atoms with Gasteiger partial charge in [-0.1, -0.05) is 39.2 Å². The molecule has 0 radical (unpaired) electrons. The van der Waals surface area contributed by atoms with Crippen LogP contribution in [0.1, 0.15) is 123 Å². The first-order chi connectivity index (χ1) is 29.4. The lowest BCUT2D eigenvalue weighted by Crippen LogP contribution is -2.59. The topological polar surface area (TPSA) is 205 Å². The third-order valence-electron chi connectivity index (χ3n) is 13.7. The van der Waals surface area contributed by atoms with E-state index in [2.05, 4.69) is 23.1 Å². The number of aliphatic hydroxyl groups is 1. The lowest BCUT2D eigenvalue weighted by atomic mass is 9.59. The van der Waals surface area contributed by atoms with Crippen molar-refractivity contribution in [2.45, 2.75) is 98.5 Å². The Balaban J connectivity index is 1.75. The second kappa shape index (κ2) is 18.1. The number of fused-ring (bicyclic) bond motifs is 8. The molecule has 0 aromatic carbocycles. The average molecular weight is 847 g/mol. The van der Waals surface area contributed by atoms with Crippen LogP contribution >= 0.6 is 0 Å². The molecule has 3 aliphatic rings. The van der Waals surface area contributed by atoms with Gasteiger partial charge in [-0.05, 0) is 124 Å². The van der Waals surface area contributed by atoms with E-state index in [9.17, 15) is 34.5 Å². The van der Waals surface area contributed by atoms with Crippen LogP contribution in [0, 0.1) is 37.5 Å². The number of rotatable bonds is 14. The molecule has 6 rings (SSSR count). The summed E-state index contributed by atoms with van der Waals surface area (Å²) in [5.41, 5.74) is 10.8. The van der Waals surface area contributed by atoms with Crippen LogP contribution < -0.4 is 0 Å². The molecule has 0 spiro atoms. The Hall–Kier alpha value is -6.08. The van der Waals surface area contributed by atoms with Gasteiger partial charge in [-0.2, -0.15) is 0 Å². The van der Waals surface area contributed by atoms with Crippen molar-refractivity contribution < 1.29 is 44.0 Å². The number of aromatic nitrogens is 4. The van der Waals surface area contributed by atoms with Gasteiger partial charge in [0.1, 0.15) is 0 Å². The minimum atomic E-state index is -2.34. The summed E-state index contributed by atoms with van der Waals surface area (Å²) >= 11 is 0. The SMILES string of the molecule is C=Cc1c(C)c2cc3[nH]c(cc4nc(c(CC[C@H]5[C@H](C)CCC([C@@H](C)C(=O)O)[C@@]5(O)C(=O)O)c5nc(cc1[nH]2)C(C)=C5CCC(=O)OC)C(CCC(=O)OC)=C4C)c(C)c3C=C. The third kappa shape index (κ3) is 8.17. The minimum absolute atomic E-state index is 0.0517. The van der Waals surface area contributed by atoms with Gasteiger partial charge in [0.05, 0.1) is 42.9 Å². The van der Waals surface area contributed by atoms with Crippen LogP contribution in [-0.2, 0) is 35.1 Å². The molecule has 3 aromatic rings. The van der Waals surface area contributed by atoms with E-state index in [0.717, 1.165) is 66.6 Å². The molecular weight excluding hydrogens is 789 g/mol. The normalized spacial score (nSPS) is 20.5. The highest BCUT2D eigenvalue weighted by atomic mass is 16.5. The number of nitrogens with zero attached hydrogens (tertiary/aromatic N) is 2. The molecule has 2 aliphatic heterocycles. The number of hydrogen-bond acceptors (Lipinski definition) is 9. The van der Waals surface area contributed by atoms with Crippen LogP contribution in [0.2, 0.25) is 0 Å². The molecule has 0 saturated heterocycles. The Labute approximate surface area is 361 Å². The first-order valence-corrected chi connectivity index (χ1v) is 21.2. The smallest absolute Gasteiger partial charge is 0.336 e. The summed E-state index contributed by atoms with van der Waals surface area (Å²) in [6.45, 7) is 19.5. The number of allylic oxidation sites excluding steroid dienone is 4. The van der Waals surface area contributed by atoms with Gasteiger partial charge < -0.3 is 34.8 Å². The molecule has 1 saturated carbocycles. The molecule has 0 amide bonds. The minimum Gasteiger partial charge on any atom is -0.481 e. The van der Waals surface area contributed by atoms with Gasteiger partial charge in [-0.3, -0.25) is 14.4 Å². The van der Waals surface area contributed by atoms with Crippen LogP contribution in [0.3, 0.4) is 0 Å². The molecule has 1 fully saturated rings. The van der Waals surface area contributed by atoms with Crippen molar-refractivity contribution in [2.24, 2.45) is 23.7 Å². The monoisotopic (exact) mass is 846 g/mol. The maximum atomic E-state index is 13.2. The zero-order valence-corrected chi connectivity index (χ0v) is 37.0. The number of carbonyl (C=O) groups excluding carboxylic acids is 2. The summed E-state index contributed by atoms with van der Waals surface area (Å²) in [6.07, 6.45) is 5.32. The van der Waals surface area contributed by atoms with E-state index in [1.807, 2.05) is 58.9 Å². The van der Waals surface area contributed by atoms with Crippen LogP contribution in [0.25, 0.3) is 56.5 Å². The van der Waals surface area contributed by atoms with Gasteiger partial charge in [0.2, 0.25) is 0 Å². The summed E-state index contributed by atoms with van der Waals surface area (Å²) in [5.74, 6) is -6.72. The van der Waals surface area contributed by atoms with Crippen LogP contribution in [0.5, 0.6) is 0 Å². The molecular formula is C49H58N4O9. The van der Waals surface area contributed by atoms with Crippen molar-refractivity contribution in [1.82, 2.24) is 19.9 Å². The number of H-pyrrole nitrogens is 2. The van der Waals surface area contributed by atoms with Crippen LogP contribution in [0.15, 0.2) is 31.4 Å². The van der Waals surface area contributed by atoms with E-state index in [1.54, 1.807) is 6.08 Å². The second-order valence-corrected chi connectivity index (χ2v) is 16.9. The van der Waals surface area contributed by atoms with Gasteiger partial charge in [0, 0.05) is 63.4 Å². The number of esters is 2. The fourth-order valence-electron chi connectivity index (χ4n) is 9.87. The molecule has 8 bridgehead atoms. The highest BCUT2D eigenvalue weighted by Gasteiger charge is 2.57. The van der Waals surface area contributed by atoms with Gasteiger partial charge in [-0.25, -0.2) is 14.8 Å². The summed E-state index contributed by atoms with van der Waals surface area (Å²) in [7, 11) is 2.68. The zero-order chi connectivity index (χ0) is 45.4. The van der Waals surface area contributed by atoms with E-state index in [1.165, 1.54) is 21.1 Å². The van der Waals surface area contributed by atoms with Crippen LogP contribution in [0.4, 0.5) is 0 Å². The largest absolute Gasteiger partial charge is 0.481 e. The molecule has 1 unspecified atom stereocenters. The van der Waals surface area contributed by atoms with Crippen molar-refractivity contribution in [3.8, 4) is 0 Å². The van der Waals surface area contributed by atoms with Gasteiger partial charge >= 0.3 is 23.9 Å². The molecule has 62 heavy (non-hydrogen) atoms. The Morgan fingerprint density at radius 2 is 1.26 bits per heavy atom. The zero-order valence-electron chi connectivity index (χ0n) is 37.0. The maximum Gasteiger partial charge on any atom is 0.336 e. The lowest BCUT2D eigenvalue weighted by Gasteiger charge is -2.47. The molecule has 1 aliphatic carbocycles. The van der Waals surface area contributed by atoms with Crippen LogP contribution in [-0.4, -0.2) is 79.0 Å².